The number of ketones is 1. The molecule has 2 N–H and O–H groups in total. The molecular formula is C22H29NO6S. The highest BCUT2D eigenvalue weighted by Crippen LogP contribution is 2.27. The van der Waals surface area contributed by atoms with Gasteiger partial charge in [-0.25, -0.2) is 8.42 Å². The highest BCUT2D eigenvalue weighted by molar-refractivity contribution is 7.93. The average molecular weight is 436 g/mol. The van der Waals surface area contributed by atoms with Gasteiger partial charge in [0.1, 0.15) is 6.61 Å². The molecule has 7 nitrogen and oxygen atoms in total. The Morgan fingerprint density at radius 2 is 1.90 bits per heavy atom. The molecule has 1 amide bonds. The molecule has 0 atom stereocenters. The van der Waals surface area contributed by atoms with E-state index >= 15 is 0 Å². The van der Waals surface area contributed by atoms with E-state index in [0.29, 0.717) is 18.6 Å². The van der Waals surface area contributed by atoms with Crippen LogP contribution in [-0.4, -0.2) is 44.6 Å². The zero-order chi connectivity index (χ0) is 22.7. The third-order valence-corrected chi connectivity index (χ3v) is 4.41. The number of allylic oxidation sites excluding steroid dienone is 3. The van der Waals surface area contributed by atoms with Crippen LogP contribution in [0.3, 0.4) is 0 Å². The number of hydrogen-bond acceptors (Lipinski definition) is 6. The number of hydrogen-bond donors (Lipinski definition) is 2. The normalized spacial score (nSPS) is 11.9. The van der Waals surface area contributed by atoms with Crippen molar-refractivity contribution in [2.75, 3.05) is 19.4 Å². The van der Waals surface area contributed by atoms with Gasteiger partial charge in [0, 0.05) is 30.7 Å². The van der Waals surface area contributed by atoms with Crippen molar-refractivity contribution < 1.29 is 27.9 Å². The van der Waals surface area contributed by atoms with Crippen molar-refractivity contribution in [3.05, 3.63) is 58.5 Å². The summed E-state index contributed by atoms with van der Waals surface area (Å²) in [6.45, 7) is 6.10. The highest BCUT2D eigenvalue weighted by atomic mass is 32.2. The van der Waals surface area contributed by atoms with Crippen LogP contribution in [-0.2, 0) is 25.8 Å². The third kappa shape index (κ3) is 11.2. The van der Waals surface area contributed by atoms with E-state index < -0.39 is 15.7 Å². The van der Waals surface area contributed by atoms with Gasteiger partial charge in [0.05, 0.1) is 0 Å². The second-order valence-electron chi connectivity index (χ2n) is 7.20. The van der Waals surface area contributed by atoms with Crippen LogP contribution in [0.2, 0.25) is 0 Å². The first-order valence-electron chi connectivity index (χ1n) is 9.40. The first-order valence-corrected chi connectivity index (χ1v) is 11.4. The zero-order valence-corrected chi connectivity index (χ0v) is 18.6. The Morgan fingerprint density at radius 3 is 2.50 bits per heavy atom. The molecule has 0 saturated heterocycles. The van der Waals surface area contributed by atoms with Gasteiger partial charge < -0.3 is 15.2 Å². The van der Waals surface area contributed by atoms with Crippen molar-refractivity contribution in [2.24, 2.45) is 0 Å². The molecule has 164 valence electrons. The number of sulfone groups is 1. The number of aromatic hydroxyl groups is 1. The lowest BCUT2D eigenvalue weighted by atomic mass is 10.1. The van der Waals surface area contributed by atoms with Crippen LogP contribution in [0.15, 0.2) is 53.0 Å². The number of rotatable bonds is 11. The maximum atomic E-state index is 11.7. The Hall–Kier alpha value is -2.87. The summed E-state index contributed by atoms with van der Waals surface area (Å²) in [5.41, 5.74) is 2.62. The van der Waals surface area contributed by atoms with Gasteiger partial charge in [0.2, 0.25) is 5.91 Å². The minimum Gasteiger partial charge on any atom is -0.504 e. The third-order valence-electron chi connectivity index (χ3n) is 3.78. The summed E-state index contributed by atoms with van der Waals surface area (Å²) in [7, 11) is -3.34. The molecule has 0 aliphatic rings. The summed E-state index contributed by atoms with van der Waals surface area (Å²) in [5, 5.41) is 13.5. The van der Waals surface area contributed by atoms with E-state index in [1.54, 1.807) is 30.4 Å². The number of amides is 1. The molecule has 0 radical (unpaired) electrons. The second-order valence-corrected chi connectivity index (χ2v) is 9.13. The number of phenols is 1. The smallest absolute Gasteiger partial charge is 0.244 e. The van der Waals surface area contributed by atoms with Gasteiger partial charge in [-0.15, -0.1) is 0 Å². The summed E-state index contributed by atoms with van der Waals surface area (Å²) >= 11 is 0. The number of benzene rings is 1. The van der Waals surface area contributed by atoms with Gasteiger partial charge in [-0.05, 0) is 57.0 Å². The van der Waals surface area contributed by atoms with Gasteiger partial charge in [-0.1, -0.05) is 17.2 Å². The van der Waals surface area contributed by atoms with Crippen LogP contribution in [0, 0.1) is 0 Å². The van der Waals surface area contributed by atoms with Gasteiger partial charge in [0.15, 0.2) is 27.1 Å². The number of carbonyl (C=O) groups is 2. The van der Waals surface area contributed by atoms with Crippen molar-refractivity contribution in [1.82, 2.24) is 5.32 Å². The fraction of sp³-hybridized carbons (Fsp3) is 0.364. The molecule has 0 fully saturated rings. The van der Waals surface area contributed by atoms with Crippen LogP contribution in [0.25, 0.3) is 0 Å². The van der Waals surface area contributed by atoms with Crippen LogP contribution in [0.4, 0.5) is 0 Å². The minimum atomic E-state index is -3.34. The Labute approximate surface area is 178 Å². The number of phenolic OH excluding ortho intramolecular Hbond substituents is 1. The van der Waals surface area contributed by atoms with Gasteiger partial charge in [-0.2, -0.15) is 0 Å². The average Bonchev–Trinajstić information content (AvgIpc) is 2.60. The van der Waals surface area contributed by atoms with Crippen molar-refractivity contribution >= 4 is 21.5 Å². The molecule has 8 heteroatoms. The minimum absolute atomic E-state index is 0.0255. The quantitative estimate of drug-likeness (QED) is 0.409. The lowest BCUT2D eigenvalue weighted by Gasteiger charge is -2.09. The van der Waals surface area contributed by atoms with E-state index in [9.17, 15) is 23.1 Å². The molecule has 0 heterocycles. The van der Waals surface area contributed by atoms with Crippen molar-refractivity contribution in [2.45, 2.75) is 33.6 Å². The SMILES string of the molecule is CC(C)=CC(=O)C/C(C)=C/COc1ccc(CCNC(=O)/C=C/S(C)(=O)=O)cc1O. The Bertz CT molecular complexity index is 954. The number of ether oxygens (including phenoxy) is 1. The van der Waals surface area contributed by atoms with Crippen LogP contribution in [0.1, 0.15) is 32.8 Å². The van der Waals surface area contributed by atoms with E-state index in [1.807, 2.05) is 20.8 Å². The number of carbonyl (C=O) groups excluding carboxylic acids is 2. The molecule has 0 spiro atoms. The fourth-order valence-electron chi connectivity index (χ4n) is 2.41. The zero-order valence-electron chi connectivity index (χ0n) is 17.8. The largest absolute Gasteiger partial charge is 0.504 e. The molecule has 1 aromatic carbocycles. The molecule has 30 heavy (non-hydrogen) atoms. The van der Waals surface area contributed by atoms with Crippen LogP contribution < -0.4 is 10.1 Å². The van der Waals surface area contributed by atoms with E-state index in [-0.39, 0.29) is 24.7 Å². The maximum Gasteiger partial charge on any atom is 0.244 e. The lowest BCUT2D eigenvalue weighted by Crippen LogP contribution is -2.23. The maximum absolute atomic E-state index is 11.7. The van der Waals surface area contributed by atoms with E-state index in [1.165, 1.54) is 0 Å². The monoisotopic (exact) mass is 435 g/mol. The first kappa shape index (κ1) is 25.2. The molecule has 1 rings (SSSR count). The van der Waals surface area contributed by atoms with Gasteiger partial charge in [-0.3, -0.25) is 9.59 Å². The van der Waals surface area contributed by atoms with Gasteiger partial charge in [0.25, 0.3) is 0 Å². The second kappa shape index (κ2) is 12.0. The van der Waals surface area contributed by atoms with Crippen molar-refractivity contribution in [3.8, 4) is 11.5 Å². The molecule has 0 aromatic heterocycles. The summed E-state index contributed by atoms with van der Waals surface area (Å²) in [5.74, 6) is -0.175. The number of nitrogens with one attached hydrogen (secondary N) is 1. The van der Waals surface area contributed by atoms with E-state index in [0.717, 1.165) is 34.4 Å². The summed E-state index contributed by atoms with van der Waals surface area (Å²) in [6.07, 6.45) is 6.15. The van der Waals surface area contributed by atoms with E-state index in [2.05, 4.69) is 5.32 Å². The van der Waals surface area contributed by atoms with Crippen LogP contribution >= 0.6 is 0 Å². The summed E-state index contributed by atoms with van der Waals surface area (Å²) in [6, 6.07) is 4.94. The molecule has 0 aliphatic heterocycles. The van der Waals surface area contributed by atoms with Crippen molar-refractivity contribution in [1.29, 1.82) is 0 Å². The lowest BCUT2D eigenvalue weighted by molar-refractivity contribution is -0.116. The summed E-state index contributed by atoms with van der Waals surface area (Å²) in [4.78, 5) is 23.3. The summed E-state index contributed by atoms with van der Waals surface area (Å²) < 4.78 is 27.5. The Morgan fingerprint density at radius 1 is 1.20 bits per heavy atom. The molecule has 0 unspecified atom stereocenters. The highest BCUT2D eigenvalue weighted by Gasteiger charge is 2.05. The Balaban J connectivity index is 2.51. The predicted octanol–water partition coefficient (Wildman–Crippen LogP) is 2.86. The predicted molar refractivity (Wildman–Crippen MR) is 117 cm³/mol. The molecule has 1 aromatic rings. The fourth-order valence-corrected chi connectivity index (χ4v) is 2.78. The first-order chi connectivity index (χ1) is 14.0. The standard InChI is InChI=1S/C22H29NO6S/c1-16(2)13-19(24)14-17(3)8-11-29-21-6-5-18(15-20(21)25)7-10-23-22(26)9-12-30(4,27)28/h5-6,8-9,12-13,15,25H,7,10-11,14H2,1-4H3,(H,23,26)/b12-9+,17-8+. The molecule has 0 saturated carbocycles. The molecular weight excluding hydrogens is 406 g/mol. The Kier molecular flexibility index (Phi) is 10.0. The van der Waals surface area contributed by atoms with Gasteiger partial charge >= 0.3 is 0 Å². The van der Waals surface area contributed by atoms with Crippen molar-refractivity contribution in [3.63, 3.8) is 0 Å². The molecule has 0 aliphatic carbocycles. The van der Waals surface area contributed by atoms with Crippen LogP contribution in [0.5, 0.6) is 11.5 Å². The molecule has 0 bridgehead atoms. The van der Waals surface area contributed by atoms with E-state index in [4.69, 9.17) is 4.74 Å². The topological polar surface area (TPSA) is 110 Å².